The molecule has 0 bridgehead atoms. The fourth-order valence-electron chi connectivity index (χ4n) is 2.76. The number of carbonyl (C=O) groups is 1. The molecular formula is C16H25N3O3. The number of ether oxygens (including phenoxy) is 1. The fourth-order valence-corrected chi connectivity index (χ4v) is 2.76. The van der Waals surface area contributed by atoms with Gasteiger partial charge in [0.1, 0.15) is 5.82 Å². The number of anilines is 1. The summed E-state index contributed by atoms with van der Waals surface area (Å²) < 4.78 is 5.39. The van der Waals surface area contributed by atoms with E-state index in [0.717, 1.165) is 25.2 Å². The lowest BCUT2D eigenvalue weighted by Crippen LogP contribution is -2.43. The maximum Gasteiger partial charge on any atom is 0.252 e. The second kappa shape index (κ2) is 7.56. The van der Waals surface area contributed by atoms with Crippen LogP contribution in [0.25, 0.3) is 0 Å². The van der Waals surface area contributed by atoms with Crippen LogP contribution in [0.15, 0.2) is 18.3 Å². The van der Waals surface area contributed by atoms with E-state index < -0.39 is 0 Å². The molecule has 1 aliphatic rings. The smallest absolute Gasteiger partial charge is 0.252 e. The average Bonchev–Trinajstić information content (AvgIpc) is 2.56. The van der Waals surface area contributed by atoms with Gasteiger partial charge in [-0.15, -0.1) is 0 Å². The van der Waals surface area contributed by atoms with Crippen LogP contribution in [-0.4, -0.2) is 56.0 Å². The second-order valence-electron chi connectivity index (χ2n) is 5.89. The highest BCUT2D eigenvalue weighted by atomic mass is 16.5. The molecule has 1 fully saturated rings. The van der Waals surface area contributed by atoms with Crippen molar-refractivity contribution < 1.29 is 14.6 Å². The summed E-state index contributed by atoms with van der Waals surface area (Å²) in [7, 11) is 1.96. The first-order valence-corrected chi connectivity index (χ1v) is 7.74. The monoisotopic (exact) mass is 307 g/mol. The van der Waals surface area contributed by atoms with Gasteiger partial charge >= 0.3 is 0 Å². The lowest BCUT2D eigenvalue weighted by molar-refractivity contribution is -0.0113. The molecule has 0 aromatic carbocycles. The van der Waals surface area contributed by atoms with E-state index in [1.165, 1.54) is 0 Å². The Balaban J connectivity index is 2.02. The number of hydrogen-bond donors (Lipinski definition) is 2. The van der Waals surface area contributed by atoms with Crippen LogP contribution < -0.4 is 10.2 Å². The number of hydrogen-bond acceptors (Lipinski definition) is 5. The summed E-state index contributed by atoms with van der Waals surface area (Å²) in [6.45, 7) is 4.74. The normalized spacial score (nSPS) is 17.0. The van der Waals surface area contributed by atoms with Crippen LogP contribution in [-0.2, 0) is 4.74 Å². The first kappa shape index (κ1) is 16.7. The molecule has 1 aliphatic heterocycles. The first-order chi connectivity index (χ1) is 10.6. The van der Waals surface area contributed by atoms with Crippen molar-refractivity contribution in [2.75, 3.05) is 44.9 Å². The minimum absolute atomic E-state index is 0.111. The van der Waals surface area contributed by atoms with Gasteiger partial charge in [0.2, 0.25) is 0 Å². The van der Waals surface area contributed by atoms with Gasteiger partial charge in [0.05, 0.1) is 12.2 Å². The molecule has 1 aromatic rings. The summed E-state index contributed by atoms with van der Waals surface area (Å²) in [5, 5.41) is 12.5. The Hall–Kier alpha value is -1.66. The molecule has 0 unspecified atom stereocenters. The van der Waals surface area contributed by atoms with Gasteiger partial charge in [-0.3, -0.25) is 4.79 Å². The summed E-state index contributed by atoms with van der Waals surface area (Å²) in [6.07, 6.45) is 3.29. The van der Waals surface area contributed by atoms with Crippen LogP contribution in [0, 0.1) is 5.41 Å². The molecule has 0 saturated carbocycles. The van der Waals surface area contributed by atoms with Crippen LogP contribution in [0.1, 0.15) is 30.1 Å². The molecule has 22 heavy (non-hydrogen) atoms. The third-order valence-corrected chi connectivity index (χ3v) is 4.20. The highest BCUT2D eigenvalue weighted by Crippen LogP contribution is 2.31. The van der Waals surface area contributed by atoms with Crippen molar-refractivity contribution >= 4 is 11.7 Å². The van der Waals surface area contributed by atoms with Gasteiger partial charge in [-0.1, -0.05) is 0 Å². The zero-order valence-corrected chi connectivity index (χ0v) is 13.3. The number of aliphatic hydroxyl groups excluding tert-OH is 1. The lowest BCUT2D eigenvalue weighted by atomic mass is 9.80. The highest BCUT2D eigenvalue weighted by molar-refractivity contribution is 5.93. The molecule has 0 aliphatic carbocycles. The lowest BCUT2D eigenvalue weighted by Gasteiger charge is -2.38. The Morgan fingerprint density at radius 3 is 2.73 bits per heavy atom. The van der Waals surface area contributed by atoms with E-state index in [9.17, 15) is 9.90 Å². The Morgan fingerprint density at radius 1 is 1.45 bits per heavy atom. The van der Waals surface area contributed by atoms with Gasteiger partial charge in [0, 0.05) is 45.0 Å². The molecular weight excluding hydrogens is 282 g/mol. The molecule has 0 atom stereocenters. The van der Waals surface area contributed by atoms with Crippen molar-refractivity contribution in [3.8, 4) is 0 Å². The van der Waals surface area contributed by atoms with Crippen LogP contribution >= 0.6 is 0 Å². The van der Waals surface area contributed by atoms with Crippen molar-refractivity contribution in [3.05, 3.63) is 23.9 Å². The number of nitrogens with zero attached hydrogens (tertiary/aromatic N) is 2. The molecule has 6 nitrogen and oxygen atoms in total. The third-order valence-electron chi connectivity index (χ3n) is 4.20. The summed E-state index contributed by atoms with van der Waals surface area (Å²) in [5.74, 6) is 0.688. The minimum atomic E-state index is -0.132. The number of aliphatic hydroxyl groups is 1. The molecule has 6 heteroatoms. The van der Waals surface area contributed by atoms with Crippen LogP contribution in [0.5, 0.6) is 0 Å². The highest BCUT2D eigenvalue weighted by Gasteiger charge is 2.33. The fraction of sp³-hybridized carbons (Fsp3) is 0.625. The predicted molar refractivity (Wildman–Crippen MR) is 85.1 cm³/mol. The first-order valence-electron chi connectivity index (χ1n) is 7.74. The predicted octanol–water partition coefficient (Wildman–Crippen LogP) is 1.06. The van der Waals surface area contributed by atoms with E-state index in [4.69, 9.17) is 4.74 Å². The van der Waals surface area contributed by atoms with Crippen molar-refractivity contribution in [3.63, 3.8) is 0 Å². The zero-order chi connectivity index (χ0) is 16.0. The van der Waals surface area contributed by atoms with E-state index >= 15 is 0 Å². The molecule has 1 saturated heterocycles. The molecule has 2 heterocycles. The van der Waals surface area contributed by atoms with Gasteiger partial charge < -0.3 is 20.1 Å². The molecule has 2 rings (SSSR count). The summed E-state index contributed by atoms with van der Waals surface area (Å²) >= 11 is 0. The van der Waals surface area contributed by atoms with E-state index in [2.05, 4.69) is 10.3 Å². The molecule has 0 spiro atoms. The van der Waals surface area contributed by atoms with E-state index in [1.807, 2.05) is 24.9 Å². The Bertz CT molecular complexity index is 484. The summed E-state index contributed by atoms with van der Waals surface area (Å²) in [4.78, 5) is 18.1. The SMILES string of the molecule is CCNC(=O)c1ccc(N(C)CC2(CO)CCOCC2)nc1. The van der Waals surface area contributed by atoms with Crippen molar-refractivity contribution in [1.29, 1.82) is 0 Å². The number of carbonyl (C=O) groups excluding carboxylic acids is 1. The van der Waals surface area contributed by atoms with E-state index in [1.54, 1.807) is 12.3 Å². The average molecular weight is 307 g/mol. The Labute approximate surface area is 131 Å². The van der Waals surface area contributed by atoms with Crippen molar-refractivity contribution in [2.45, 2.75) is 19.8 Å². The summed E-state index contributed by atoms with van der Waals surface area (Å²) in [5.41, 5.74) is 0.425. The third kappa shape index (κ3) is 3.96. The molecule has 2 N–H and O–H groups in total. The molecule has 1 amide bonds. The van der Waals surface area contributed by atoms with Crippen LogP contribution in [0.3, 0.4) is 0 Å². The van der Waals surface area contributed by atoms with Gasteiger partial charge in [-0.05, 0) is 31.9 Å². The van der Waals surface area contributed by atoms with Crippen LogP contribution in [0.4, 0.5) is 5.82 Å². The van der Waals surface area contributed by atoms with E-state index in [-0.39, 0.29) is 17.9 Å². The zero-order valence-electron chi connectivity index (χ0n) is 13.3. The number of aromatic nitrogens is 1. The van der Waals surface area contributed by atoms with Gasteiger partial charge in [0.25, 0.3) is 5.91 Å². The largest absolute Gasteiger partial charge is 0.396 e. The minimum Gasteiger partial charge on any atom is -0.396 e. The Kier molecular flexibility index (Phi) is 5.74. The Morgan fingerprint density at radius 2 is 2.18 bits per heavy atom. The van der Waals surface area contributed by atoms with Gasteiger partial charge in [0.15, 0.2) is 0 Å². The van der Waals surface area contributed by atoms with Crippen molar-refractivity contribution in [2.24, 2.45) is 5.41 Å². The quantitative estimate of drug-likeness (QED) is 0.822. The number of pyridine rings is 1. The second-order valence-corrected chi connectivity index (χ2v) is 5.89. The van der Waals surface area contributed by atoms with E-state index in [0.29, 0.717) is 25.3 Å². The molecule has 122 valence electrons. The van der Waals surface area contributed by atoms with Crippen LogP contribution in [0.2, 0.25) is 0 Å². The topological polar surface area (TPSA) is 74.7 Å². The molecule has 1 aromatic heterocycles. The standard InChI is InChI=1S/C16H25N3O3/c1-3-17-15(21)13-4-5-14(18-10-13)19(2)11-16(12-20)6-8-22-9-7-16/h4-5,10,20H,3,6-9,11-12H2,1-2H3,(H,17,21). The maximum atomic E-state index is 11.7. The maximum absolute atomic E-state index is 11.7. The van der Waals surface area contributed by atoms with Gasteiger partial charge in [-0.25, -0.2) is 4.98 Å². The van der Waals surface area contributed by atoms with Crippen molar-refractivity contribution in [1.82, 2.24) is 10.3 Å². The van der Waals surface area contributed by atoms with Gasteiger partial charge in [-0.2, -0.15) is 0 Å². The number of rotatable bonds is 6. The summed E-state index contributed by atoms with van der Waals surface area (Å²) in [6, 6.07) is 3.62. The number of nitrogens with one attached hydrogen (secondary N) is 1. The number of amides is 1. The molecule has 0 radical (unpaired) electrons.